The van der Waals surface area contributed by atoms with Crippen molar-refractivity contribution in [3.05, 3.63) is 62.0 Å². The van der Waals surface area contributed by atoms with Crippen LogP contribution in [0.1, 0.15) is 34.9 Å². The van der Waals surface area contributed by atoms with Crippen molar-refractivity contribution in [2.45, 2.75) is 25.1 Å². The number of ether oxygens (including phenoxy) is 1. The molecule has 0 amide bonds. The van der Waals surface area contributed by atoms with Gasteiger partial charge in [0.2, 0.25) is 0 Å². The van der Waals surface area contributed by atoms with E-state index in [4.69, 9.17) is 4.74 Å². The second-order valence-electron chi connectivity index (χ2n) is 4.96. The minimum absolute atomic E-state index is 0.158. The van der Waals surface area contributed by atoms with Crippen molar-refractivity contribution < 1.29 is 4.74 Å². The summed E-state index contributed by atoms with van der Waals surface area (Å²) in [5, 5.41) is 0. The van der Waals surface area contributed by atoms with Gasteiger partial charge in [0.05, 0.1) is 15.9 Å². The van der Waals surface area contributed by atoms with E-state index < -0.39 is 0 Å². The Bertz CT molecular complexity index is 605. The standard InChI is InChI=1S/C17H17Br3O/c1-3-6-21-16-5-4-12(10-15(16)19)17(20)13-7-11(2)8-14(18)9-13/h4-5,7-10,17H,3,6H2,1-2H3. The quantitative estimate of drug-likeness (QED) is 0.431. The Labute approximate surface area is 151 Å². The fraction of sp³-hybridized carbons (Fsp3) is 0.294. The first kappa shape index (κ1) is 17.0. The number of benzene rings is 2. The first-order chi connectivity index (χ1) is 10.0. The zero-order valence-electron chi connectivity index (χ0n) is 12.0. The van der Waals surface area contributed by atoms with Crippen LogP contribution in [-0.2, 0) is 0 Å². The lowest BCUT2D eigenvalue weighted by Gasteiger charge is -2.14. The lowest BCUT2D eigenvalue weighted by molar-refractivity contribution is 0.315. The first-order valence-corrected chi connectivity index (χ1v) is 9.35. The molecule has 0 saturated carbocycles. The maximum atomic E-state index is 5.69. The molecule has 0 N–H and O–H groups in total. The van der Waals surface area contributed by atoms with Crippen molar-refractivity contribution in [3.8, 4) is 5.75 Å². The second kappa shape index (κ2) is 7.80. The molecule has 0 aliphatic carbocycles. The molecule has 0 aliphatic heterocycles. The number of hydrogen-bond acceptors (Lipinski definition) is 1. The van der Waals surface area contributed by atoms with Crippen LogP contribution >= 0.6 is 47.8 Å². The van der Waals surface area contributed by atoms with Gasteiger partial charge < -0.3 is 4.74 Å². The average Bonchev–Trinajstić information content (AvgIpc) is 2.44. The third kappa shape index (κ3) is 4.57. The van der Waals surface area contributed by atoms with Crippen molar-refractivity contribution in [2.75, 3.05) is 6.61 Å². The van der Waals surface area contributed by atoms with Gasteiger partial charge in [0.15, 0.2) is 0 Å². The maximum absolute atomic E-state index is 5.69. The van der Waals surface area contributed by atoms with E-state index in [0.29, 0.717) is 0 Å². The van der Waals surface area contributed by atoms with Gasteiger partial charge in [-0.3, -0.25) is 0 Å². The normalized spacial score (nSPS) is 12.2. The van der Waals surface area contributed by atoms with Crippen LogP contribution in [-0.4, -0.2) is 6.61 Å². The first-order valence-electron chi connectivity index (χ1n) is 6.84. The summed E-state index contributed by atoms with van der Waals surface area (Å²) in [5.41, 5.74) is 3.67. The van der Waals surface area contributed by atoms with Gasteiger partial charge in [-0.2, -0.15) is 0 Å². The van der Waals surface area contributed by atoms with Crippen molar-refractivity contribution >= 4 is 47.8 Å². The van der Waals surface area contributed by atoms with Crippen LogP contribution in [0.3, 0.4) is 0 Å². The smallest absolute Gasteiger partial charge is 0.133 e. The summed E-state index contributed by atoms with van der Waals surface area (Å²) in [7, 11) is 0. The average molecular weight is 477 g/mol. The van der Waals surface area contributed by atoms with Gasteiger partial charge in [-0.15, -0.1) is 0 Å². The molecule has 0 bridgehead atoms. The van der Waals surface area contributed by atoms with E-state index in [0.717, 1.165) is 27.7 Å². The number of halogens is 3. The Morgan fingerprint density at radius 2 is 1.81 bits per heavy atom. The highest BCUT2D eigenvalue weighted by molar-refractivity contribution is 9.11. The Kier molecular flexibility index (Phi) is 6.33. The molecule has 2 rings (SSSR count). The molecular weight excluding hydrogens is 460 g/mol. The summed E-state index contributed by atoms with van der Waals surface area (Å²) < 4.78 is 7.79. The van der Waals surface area contributed by atoms with Gasteiger partial charge in [-0.25, -0.2) is 0 Å². The van der Waals surface area contributed by atoms with Gasteiger partial charge in [0.1, 0.15) is 5.75 Å². The van der Waals surface area contributed by atoms with E-state index >= 15 is 0 Å². The second-order valence-corrected chi connectivity index (χ2v) is 7.65. The van der Waals surface area contributed by atoms with Crippen LogP contribution in [0, 0.1) is 6.92 Å². The van der Waals surface area contributed by atoms with E-state index in [2.05, 4.69) is 92.0 Å². The SMILES string of the molecule is CCCOc1ccc(C(Br)c2cc(C)cc(Br)c2)cc1Br. The van der Waals surface area contributed by atoms with Crippen LogP contribution in [0.4, 0.5) is 0 Å². The van der Waals surface area contributed by atoms with Crippen molar-refractivity contribution in [1.82, 2.24) is 0 Å². The van der Waals surface area contributed by atoms with Crippen LogP contribution < -0.4 is 4.74 Å². The Morgan fingerprint density at radius 3 is 2.43 bits per heavy atom. The summed E-state index contributed by atoms with van der Waals surface area (Å²) in [6.07, 6.45) is 1.01. The molecule has 0 heterocycles. The van der Waals surface area contributed by atoms with Crippen LogP contribution in [0.15, 0.2) is 45.3 Å². The molecule has 0 aromatic heterocycles. The van der Waals surface area contributed by atoms with Gasteiger partial charge >= 0.3 is 0 Å². The maximum Gasteiger partial charge on any atom is 0.133 e. The highest BCUT2D eigenvalue weighted by Gasteiger charge is 2.13. The van der Waals surface area contributed by atoms with E-state index in [1.54, 1.807) is 0 Å². The fourth-order valence-corrected chi connectivity index (χ4v) is 3.79. The number of alkyl halides is 1. The van der Waals surface area contributed by atoms with Gasteiger partial charge in [-0.1, -0.05) is 50.9 Å². The van der Waals surface area contributed by atoms with Gasteiger partial charge in [-0.05, 0) is 70.2 Å². The minimum atomic E-state index is 0.158. The van der Waals surface area contributed by atoms with Crippen molar-refractivity contribution in [1.29, 1.82) is 0 Å². The zero-order valence-corrected chi connectivity index (χ0v) is 16.8. The molecule has 0 fully saturated rings. The lowest BCUT2D eigenvalue weighted by atomic mass is 10.0. The molecule has 112 valence electrons. The largest absolute Gasteiger partial charge is 0.492 e. The Morgan fingerprint density at radius 1 is 1.05 bits per heavy atom. The van der Waals surface area contributed by atoms with E-state index in [1.807, 2.05) is 6.07 Å². The number of rotatable bonds is 5. The molecule has 0 spiro atoms. The number of aryl methyl sites for hydroxylation is 1. The molecule has 0 aliphatic rings. The molecule has 1 unspecified atom stereocenters. The lowest BCUT2D eigenvalue weighted by Crippen LogP contribution is -1.98. The fourth-order valence-electron chi connectivity index (χ4n) is 2.11. The highest BCUT2D eigenvalue weighted by Crippen LogP contribution is 2.36. The number of hydrogen-bond donors (Lipinski definition) is 0. The van der Waals surface area contributed by atoms with E-state index in [-0.39, 0.29) is 4.83 Å². The van der Waals surface area contributed by atoms with Crippen LogP contribution in [0.5, 0.6) is 5.75 Å². The predicted molar refractivity (Wildman–Crippen MR) is 99.6 cm³/mol. The van der Waals surface area contributed by atoms with Crippen LogP contribution in [0.2, 0.25) is 0 Å². The zero-order chi connectivity index (χ0) is 15.4. The van der Waals surface area contributed by atoms with Crippen molar-refractivity contribution in [2.24, 2.45) is 0 Å². The summed E-state index contributed by atoms with van der Waals surface area (Å²) in [6, 6.07) is 12.7. The van der Waals surface area contributed by atoms with E-state index in [9.17, 15) is 0 Å². The predicted octanol–water partition coefficient (Wildman–Crippen LogP) is 6.79. The molecular formula is C17H17Br3O. The third-order valence-electron chi connectivity index (χ3n) is 3.07. The molecule has 1 atom stereocenters. The molecule has 0 radical (unpaired) electrons. The highest BCUT2D eigenvalue weighted by atomic mass is 79.9. The minimum Gasteiger partial charge on any atom is -0.492 e. The summed E-state index contributed by atoms with van der Waals surface area (Å²) in [6.45, 7) is 4.94. The molecule has 4 heteroatoms. The molecule has 21 heavy (non-hydrogen) atoms. The van der Waals surface area contributed by atoms with Crippen LogP contribution in [0.25, 0.3) is 0 Å². The summed E-state index contributed by atoms with van der Waals surface area (Å²) in [4.78, 5) is 0.158. The van der Waals surface area contributed by atoms with E-state index in [1.165, 1.54) is 16.7 Å². The molecule has 2 aromatic carbocycles. The van der Waals surface area contributed by atoms with Gasteiger partial charge in [0.25, 0.3) is 0 Å². The Balaban J connectivity index is 2.26. The van der Waals surface area contributed by atoms with Gasteiger partial charge in [0, 0.05) is 4.47 Å². The topological polar surface area (TPSA) is 9.23 Å². The molecule has 1 nitrogen and oxygen atoms in total. The summed E-state index contributed by atoms with van der Waals surface area (Å²) >= 11 is 10.9. The summed E-state index contributed by atoms with van der Waals surface area (Å²) in [5.74, 6) is 0.894. The molecule has 0 saturated heterocycles. The van der Waals surface area contributed by atoms with Crippen molar-refractivity contribution in [3.63, 3.8) is 0 Å². The molecule has 2 aromatic rings. The Hall–Kier alpha value is -0.320. The third-order valence-corrected chi connectivity index (χ3v) is 5.20. The monoisotopic (exact) mass is 474 g/mol.